The van der Waals surface area contributed by atoms with Gasteiger partial charge in [-0.1, -0.05) is 25.0 Å². The Morgan fingerprint density at radius 2 is 2.00 bits per heavy atom. The molecule has 1 saturated carbocycles. The fraction of sp³-hybridized carbons (Fsp3) is 0.400. The molecule has 2 heteroatoms. The lowest BCUT2D eigenvalue weighted by molar-refractivity contribution is 0.481. The number of hydrogen-bond donors (Lipinski definition) is 0. The van der Waals surface area contributed by atoms with Crippen molar-refractivity contribution in [3.63, 3.8) is 0 Å². The molecule has 0 atom stereocenters. The van der Waals surface area contributed by atoms with Gasteiger partial charge in [0.15, 0.2) is 5.43 Å². The van der Waals surface area contributed by atoms with E-state index < -0.39 is 0 Å². The number of benzene rings is 1. The molecule has 88 valence electrons. The Bertz CT molecular complexity index is 604. The minimum atomic E-state index is 0.0943. The Hall–Kier alpha value is -1.57. The van der Waals surface area contributed by atoms with Crippen LogP contribution in [-0.4, -0.2) is 0 Å². The van der Waals surface area contributed by atoms with Crippen molar-refractivity contribution >= 4 is 11.0 Å². The van der Waals surface area contributed by atoms with E-state index in [-0.39, 0.29) is 5.43 Å². The van der Waals surface area contributed by atoms with E-state index in [2.05, 4.69) is 0 Å². The molecule has 0 N–H and O–H groups in total. The highest BCUT2D eigenvalue weighted by Gasteiger charge is 2.20. The van der Waals surface area contributed by atoms with Crippen LogP contribution >= 0.6 is 0 Å². The topological polar surface area (TPSA) is 30.2 Å². The highest BCUT2D eigenvalue weighted by Crippen LogP contribution is 2.34. The Morgan fingerprint density at radius 3 is 2.76 bits per heavy atom. The molecule has 1 heterocycles. The maximum absolute atomic E-state index is 12.0. The number of rotatable bonds is 1. The van der Waals surface area contributed by atoms with Crippen LogP contribution in [0, 0.1) is 6.92 Å². The van der Waals surface area contributed by atoms with Crippen molar-refractivity contribution in [1.29, 1.82) is 0 Å². The summed E-state index contributed by atoms with van der Waals surface area (Å²) in [6, 6.07) is 7.43. The van der Waals surface area contributed by atoms with Crippen molar-refractivity contribution in [2.24, 2.45) is 0 Å². The molecular formula is C15H16O2. The molecule has 2 nitrogen and oxygen atoms in total. The van der Waals surface area contributed by atoms with E-state index in [0.29, 0.717) is 11.3 Å². The Balaban J connectivity index is 2.22. The van der Waals surface area contributed by atoms with Gasteiger partial charge >= 0.3 is 0 Å². The molecule has 1 aliphatic carbocycles. The van der Waals surface area contributed by atoms with E-state index in [1.165, 1.54) is 12.8 Å². The van der Waals surface area contributed by atoms with E-state index in [0.717, 1.165) is 29.7 Å². The third-order valence-corrected chi connectivity index (χ3v) is 3.73. The first-order chi connectivity index (χ1) is 8.25. The minimum absolute atomic E-state index is 0.0943. The van der Waals surface area contributed by atoms with Gasteiger partial charge in [0.2, 0.25) is 0 Å². The average Bonchev–Trinajstić information content (AvgIpc) is 2.84. The van der Waals surface area contributed by atoms with E-state index in [9.17, 15) is 4.79 Å². The molecule has 1 aliphatic rings. The van der Waals surface area contributed by atoms with Gasteiger partial charge in [-0.15, -0.1) is 0 Å². The maximum Gasteiger partial charge on any atom is 0.192 e. The molecular weight excluding hydrogens is 212 g/mol. The molecule has 1 aromatic heterocycles. The standard InChI is InChI=1S/C15H16O2/c1-10-5-4-8-12-13(16)9-14(17-15(10)12)11-6-2-3-7-11/h4-5,8-9,11H,2-3,6-7H2,1H3. The fourth-order valence-corrected chi connectivity index (χ4v) is 2.75. The lowest BCUT2D eigenvalue weighted by atomic mass is 10.0. The third-order valence-electron chi connectivity index (χ3n) is 3.73. The van der Waals surface area contributed by atoms with Crippen LogP contribution in [0.4, 0.5) is 0 Å². The predicted molar refractivity (Wildman–Crippen MR) is 68.4 cm³/mol. The first kappa shape index (κ1) is 10.6. The largest absolute Gasteiger partial charge is 0.460 e. The molecule has 3 rings (SSSR count). The molecule has 0 aliphatic heterocycles. The van der Waals surface area contributed by atoms with E-state index >= 15 is 0 Å². The summed E-state index contributed by atoms with van der Waals surface area (Å²) in [6.07, 6.45) is 4.81. The van der Waals surface area contributed by atoms with Gasteiger partial charge in [0.1, 0.15) is 11.3 Å². The van der Waals surface area contributed by atoms with Gasteiger partial charge in [0.05, 0.1) is 5.39 Å². The second kappa shape index (κ2) is 4.02. The van der Waals surface area contributed by atoms with Crippen LogP contribution in [-0.2, 0) is 0 Å². The first-order valence-corrected chi connectivity index (χ1v) is 6.29. The lowest BCUT2D eigenvalue weighted by Crippen LogP contribution is -2.05. The normalized spacial score (nSPS) is 16.8. The number of aryl methyl sites for hydroxylation is 1. The minimum Gasteiger partial charge on any atom is -0.460 e. The van der Waals surface area contributed by atoms with Crippen molar-refractivity contribution in [3.05, 3.63) is 45.8 Å². The second-order valence-corrected chi connectivity index (χ2v) is 4.95. The summed E-state index contributed by atoms with van der Waals surface area (Å²) in [4.78, 5) is 12.0. The summed E-state index contributed by atoms with van der Waals surface area (Å²) in [5.74, 6) is 1.33. The average molecular weight is 228 g/mol. The van der Waals surface area contributed by atoms with E-state index in [1.807, 2.05) is 25.1 Å². The molecule has 2 aromatic rings. The van der Waals surface area contributed by atoms with Gasteiger partial charge < -0.3 is 4.42 Å². The zero-order valence-electron chi connectivity index (χ0n) is 10.0. The molecule has 1 aromatic carbocycles. The quantitative estimate of drug-likeness (QED) is 0.744. The van der Waals surface area contributed by atoms with Crippen LogP contribution in [0.15, 0.2) is 33.5 Å². The van der Waals surface area contributed by atoms with Crippen molar-refractivity contribution in [1.82, 2.24) is 0 Å². The SMILES string of the molecule is Cc1cccc2c(=O)cc(C3CCCC3)oc12. The highest BCUT2D eigenvalue weighted by molar-refractivity contribution is 5.79. The van der Waals surface area contributed by atoms with E-state index in [1.54, 1.807) is 6.07 Å². The van der Waals surface area contributed by atoms with Crippen LogP contribution < -0.4 is 5.43 Å². The zero-order chi connectivity index (χ0) is 11.8. The Morgan fingerprint density at radius 1 is 1.24 bits per heavy atom. The molecule has 17 heavy (non-hydrogen) atoms. The van der Waals surface area contributed by atoms with E-state index in [4.69, 9.17) is 4.42 Å². The predicted octanol–water partition coefficient (Wildman–Crippen LogP) is 3.76. The molecule has 0 bridgehead atoms. The summed E-state index contributed by atoms with van der Waals surface area (Å²) in [6.45, 7) is 1.99. The summed E-state index contributed by atoms with van der Waals surface area (Å²) in [7, 11) is 0. The number of para-hydroxylation sites is 1. The van der Waals surface area contributed by atoms with Gasteiger partial charge in [-0.05, 0) is 31.4 Å². The lowest BCUT2D eigenvalue weighted by Gasteiger charge is -2.09. The van der Waals surface area contributed by atoms with Crippen LogP contribution in [0.5, 0.6) is 0 Å². The molecule has 0 amide bonds. The monoisotopic (exact) mass is 228 g/mol. The smallest absolute Gasteiger partial charge is 0.192 e. The van der Waals surface area contributed by atoms with Crippen molar-refractivity contribution < 1.29 is 4.42 Å². The number of fused-ring (bicyclic) bond motifs is 1. The number of hydrogen-bond acceptors (Lipinski definition) is 2. The zero-order valence-corrected chi connectivity index (χ0v) is 10.0. The van der Waals surface area contributed by atoms with Gasteiger partial charge in [-0.25, -0.2) is 0 Å². The van der Waals surface area contributed by atoms with Crippen LogP contribution in [0.2, 0.25) is 0 Å². The van der Waals surface area contributed by atoms with Gasteiger partial charge in [0, 0.05) is 12.0 Å². The molecule has 0 spiro atoms. The molecule has 0 saturated heterocycles. The summed E-state index contributed by atoms with van der Waals surface area (Å²) in [5.41, 5.74) is 1.90. The van der Waals surface area contributed by atoms with Crippen molar-refractivity contribution in [2.45, 2.75) is 38.5 Å². The van der Waals surface area contributed by atoms with Crippen LogP contribution in [0.1, 0.15) is 42.9 Å². The van der Waals surface area contributed by atoms with Gasteiger partial charge in [-0.2, -0.15) is 0 Å². The van der Waals surface area contributed by atoms with Crippen molar-refractivity contribution in [2.75, 3.05) is 0 Å². The first-order valence-electron chi connectivity index (χ1n) is 6.29. The van der Waals surface area contributed by atoms with Crippen molar-refractivity contribution in [3.8, 4) is 0 Å². The summed E-state index contributed by atoms with van der Waals surface area (Å²) < 4.78 is 5.96. The molecule has 1 fully saturated rings. The second-order valence-electron chi connectivity index (χ2n) is 4.95. The van der Waals surface area contributed by atoms with Crippen LogP contribution in [0.25, 0.3) is 11.0 Å². The fourth-order valence-electron chi connectivity index (χ4n) is 2.75. The summed E-state index contributed by atoms with van der Waals surface area (Å²) in [5, 5.41) is 0.701. The highest BCUT2D eigenvalue weighted by atomic mass is 16.3. The van der Waals surface area contributed by atoms with Gasteiger partial charge in [-0.3, -0.25) is 4.79 Å². The third kappa shape index (κ3) is 1.78. The van der Waals surface area contributed by atoms with Gasteiger partial charge in [0.25, 0.3) is 0 Å². The molecule has 0 unspecified atom stereocenters. The Labute approximate surface area is 100 Å². The summed E-state index contributed by atoms with van der Waals surface area (Å²) >= 11 is 0. The molecule has 0 radical (unpaired) electrons. The van der Waals surface area contributed by atoms with Crippen LogP contribution in [0.3, 0.4) is 0 Å². The Kier molecular flexibility index (Phi) is 2.50. The maximum atomic E-state index is 12.0.